The first-order valence-electron chi connectivity index (χ1n) is 9.00. The molecule has 2 amide bonds. The third-order valence-electron chi connectivity index (χ3n) is 4.13. The zero-order valence-electron chi connectivity index (χ0n) is 16.1. The van der Waals surface area contributed by atoms with E-state index in [-0.39, 0.29) is 12.5 Å². The van der Waals surface area contributed by atoms with Gasteiger partial charge in [0, 0.05) is 37.1 Å². The predicted octanol–water partition coefficient (Wildman–Crippen LogP) is 4.01. The van der Waals surface area contributed by atoms with Gasteiger partial charge in [-0.05, 0) is 30.2 Å². The Kier molecular flexibility index (Phi) is 8.62. The number of carbonyl (C=O) groups is 2. The second-order valence-corrected chi connectivity index (χ2v) is 6.73. The van der Waals surface area contributed by atoms with E-state index >= 15 is 0 Å². The van der Waals surface area contributed by atoms with Crippen molar-refractivity contribution < 1.29 is 19.1 Å². The lowest BCUT2D eigenvalue weighted by Gasteiger charge is -2.19. The van der Waals surface area contributed by atoms with Crippen LogP contribution in [0.5, 0.6) is 5.75 Å². The highest BCUT2D eigenvalue weighted by atomic mass is 35.5. The van der Waals surface area contributed by atoms with Crippen molar-refractivity contribution >= 4 is 23.6 Å². The number of methoxy groups -OCH3 is 1. The quantitative estimate of drug-likeness (QED) is 0.641. The van der Waals surface area contributed by atoms with E-state index in [4.69, 9.17) is 21.1 Å². The fourth-order valence-electron chi connectivity index (χ4n) is 2.61. The highest BCUT2D eigenvalue weighted by Crippen LogP contribution is 2.23. The minimum atomic E-state index is -0.492. The Morgan fingerprint density at radius 3 is 2.61 bits per heavy atom. The molecule has 0 bridgehead atoms. The second-order valence-electron chi connectivity index (χ2n) is 6.30. The molecule has 7 heteroatoms. The van der Waals surface area contributed by atoms with Crippen molar-refractivity contribution in [3.63, 3.8) is 0 Å². The van der Waals surface area contributed by atoms with Crippen LogP contribution in [-0.4, -0.2) is 37.6 Å². The molecule has 0 aliphatic heterocycles. The fraction of sp³-hybridized carbons (Fsp3) is 0.333. The van der Waals surface area contributed by atoms with Gasteiger partial charge in [0.05, 0.1) is 7.11 Å². The summed E-state index contributed by atoms with van der Waals surface area (Å²) in [4.78, 5) is 25.6. The fourth-order valence-corrected chi connectivity index (χ4v) is 2.80. The van der Waals surface area contributed by atoms with Crippen LogP contribution >= 0.6 is 11.6 Å². The van der Waals surface area contributed by atoms with Gasteiger partial charge in [0.1, 0.15) is 12.4 Å². The largest absolute Gasteiger partial charge is 0.496 e. The van der Waals surface area contributed by atoms with Crippen LogP contribution in [0.25, 0.3) is 0 Å². The average molecular weight is 405 g/mol. The van der Waals surface area contributed by atoms with Gasteiger partial charge in [-0.25, -0.2) is 4.79 Å². The summed E-state index contributed by atoms with van der Waals surface area (Å²) >= 11 is 6.02. The Balaban J connectivity index is 1.67. The molecule has 0 saturated heterocycles. The molecule has 0 atom stereocenters. The summed E-state index contributed by atoms with van der Waals surface area (Å²) < 4.78 is 10.4. The molecule has 0 heterocycles. The van der Waals surface area contributed by atoms with Crippen molar-refractivity contribution in [2.45, 2.75) is 26.0 Å². The number of hydrogen-bond donors (Lipinski definition) is 1. The number of alkyl carbamates (subject to hydrolysis) is 1. The molecule has 150 valence electrons. The predicted molar refractivity (Wildman–Crippen MR) is 108 cm³/mol. The lowest BCUT2D eigenvalue weighted by Crippen LogP contribution is -2.29. The van der Waals surface area contributed by atoms with Gasteiger partial charge in [-0.2, -0.15) is 0 Å². The van der Waals surface area contributed by atoms with Gasteiger partial charge >= 0.3 is 6.09 Å². The van der Waals surface area contributed by atoms with E-state index in [1.165, 1.54) is 0 Å². The molecular formula is C21H25ClN2O4. The average Bonchev–Trinajstić information content (AvgIpc) is 2.70. The summed E-state index contributed by atoms with van der Waals surface area (Å²) in [7, 11) is 3.31. The molecule has 0 aliphatic carbocycles. The zero-order chi connectivity index (χ0) is 20.4. The SMILES string of the molecule is COc1ccc(Cl)cc1CN(C)C(=O)CCCNC(=O)OCc1ccccc1. The maximum absolute atomic E-state index is 12.3. The summed E-state index contributed by atoms with van der Waals surface area (Å²) in [6.07, 6.45) is 0.350. The van der Waals surface area contributed by atoms with E-state index in [1.54, 1.807) is 37.3 Å². The lowest BCUT2D eigenvalue weighted by atomic mass is 10.2. The molecule has 0 aromatic heterocycles. The van der Waals surface area contributed by atoms with Crippen LogP contribution < -0.4 is 10.1 Å². The minimum Gasteiger partial charge on any atom is -0.496 e. The Morgan fingerprint density at radius 1 is 1.14 bits per heavy atom. The molecule has 0 radical (unpaired) electrons. The molecule has 2 aromatic carbocycles. The van der Waals surface area contributed by atoms with Crippen molar-refractivity contribution in [3.05, 3.63) is 64.7 Å². The van der Waals surface area contributed by atoms with Gasteiger partial charge in [0.15, 0.2) is 0 Å². The summed E-state index contributed by atoms with van der Waals surface area (Å²) in [6.45, 7) is 0.985. The molecule has 0 aliphatic rings. The molecule has 0 saturated carbocycles. The number of amides is 2. The number of halogens is 1. The second kappa shape index (κ2) is 11.2. The number of nitrogens with zero attached hydrogens (tertiary/aromatic N) is 1. The van der Waals surface area contributed by atoms with Crippen LogP contribution in [0, 0.1) is 0 Å². The lowest BCUT2D eigenvalue weighted by molar-refractivity contribution is -0.130. The third-order valence-corrected chi connectivity index (χ3v) is 4.36. The topological polar surface area (TPSA) is 67.9 Å². The number of carbonyl (C=O) groups excluding carboxylic acids is 2. The Morgan fingerprint density at radius 2 is 1.89 bits per heavy atom. The first-order valence-corrected chi connectivity index (χ1v) is 9.38. The van der Waals surface area contributed by atoms with Crippen LogP contribution in [-0.2, 0) is 22.7 Å². The summed E-state index contributed by atoms with van der Waals surface area (Å²) in [6, 6.07) is 14.8. The van der Waals surface area contributed by atoms with Gasteiger partial charge in [-0.15, -0.1) is 0 Å². The molecule has 1 N–H and O–H groups in total. The smallest absolute Gasteiger partial charge is 0.407 e. The molecule has 2 rings (SSSR count). The molecule has 0 fully saturated rings. The van der Waals surface area contributed by atoms with Crippen molar-refractivity contribution in [2.24, 2.45) is 0 Å². The third kappa shape index (κ3) is 7.12. The van der Waals surface area contributed by atoms with E-state index < -0.39 is 6.09 Å². The number of benzene rings is 2. The standard InChI is InChI=1S/C21H25ClN2O4/c1-24(14-17-13-18(22)10-11-19(17)27-2)20(25)9-6-12-23-21(26)28-15-16-7-4-3-5-8-16/h3-5,7-8,10-11,13H,6,9,12,14-15H2,1-2H3,(H,23,26). The number of nitrogens with one attached hydrogen (secondary N) is 1. The summed E-state index contributed by atoms with van der Waals surface area (Å²) in [5.41, 5.74) is 1.76. The van der Waals surface area contributed by atoms with E-state index in [2.05, 4.69) is 5.32 Å². The first kappa shape index (κ1) is 21.6. The first-order chi connectivity index (χ1) is 13.5. The number of hydrogen-bond acceptors (Lipinski definition) is 4. The summed E-state index contributed by atoms with van der Waals surface area (Å²) in [5.74, 6) is 0.661. The maximum Gasteiger partial charge on any atom is 0.407 e. The van der Waals surface area contributed by atoms with E-state index in [9.17, 15) is 9.59 Å². The Labute approximate surface area is 170 Å². The van der Waals surface area contributed by atoms with E-state index in [1.807, 2.05) is 30.3 Å². The Hall–Kier alpha value is -2.73. The maximum atomic E-state index is 12.3. The van der Waals surface area contributed by atoms with Crippen molar-refractivity contribution in [1.29, 1.82) is 0 Å². The van der Waals surface area contributed by atoms with Gasteiger partial charge in [-0.1, -0.05) is 41.9 Å². The van der Waals surface area contributed by atoms with Crippen LogP contribution in [0.15, 0.2) is 48.5 Å². The zero-order valence-corrected chi connectivity index (χ0v) is 16.9. The van der Waals surface area contributed by atoms with Gasteiger partial charge < -0.3 is 19.7 Å². The van der Waals surface area contributed by atoms with Crippen molar-refractivity contribution in [2.75, 3.05) is 20.7 Å². The highest BCUT2D eigenvalue weighted by Gasteiger charge is 2.13. The highest BCUT2D eigenvalue weighted by molar-refractivity contribution is 6.30. The molecule has 6 nitrogen and oxygen atoms in total. The van der Waals surface area contributed by atoms with Gasteiger partial charge in [0.25, 0.3) is 0 Å². The van der Waals surface area contributed by atoms with E-state index in [0.29, 0.717) is 36.7 Å². The van der Waals surface area contributed by atoms with Crippen LogP contribution in [0.4, 0.5) is 4.79 Å². The van der Waals surface area contributed by atoms with Crippen molar-refractivity contribution in [3.8, 4) is 5.75 Å². The van der Waals surface area contributed by atoms with Crippen LogP contribution in [0.1, 0.15) is 24.0 Å². The molecule has 28 heavy (non-hydrogen) atoms. The molecule has 0 spiro atoms. The van der Waals surface area contributed by atoms with Crippen LogP contribution in [0.3, 0.4) is 0 Å². The summed E-state index contributed by atoms with van der Waals surface area (Å²) in [5, 5.41) is 3.25. The molecule has 2 aromatic rings. The monoisotopic (exact) mass is 404 g/mol. The molecule has 0 unspecified atom stereocenters. The van der Waals surface area contributed by atoms with Gasteiger partial charge in [-0.3, -0.25) is 4.79 Å². The van der Waals surface area contributed by atoms with E-state index in [0.717, 1.165) is 11.1 Å². The van der Waals surface area contributed by atoms with Gasteiger partial charge in [0.2, 0.25) is 5.91 Å². The number of ether oxygens (including phenoxy) is 2. The Bertz CT molecular complexity index is 783. The molecular weight excluding hydrogens is 380 g/mol. The normalized spacial score (nSPS) is 10.2. The van der Waals surface area contributed by atoms with Crippen molar-refractivity contribution in [1.82, 2.24) is 10.2 Å². The minimum absolute atomic E-state index is 0.0264. The number of rotatable bonds is 9. The van der Waals surface area contributed by atoms with Crippen LogP contribution in [0.2, 0.25) is 5.02 Å².